The molecular weight excluding hydrogens is 564 g/mol. The third kappa shape index (κ3) is 4.88. The molecule has 7 rings (SSSR count). The summed E-state index contributed by atoms with van der Waals surface area (Å²) >= 11 is 6.32. The van der Waals surface area contributed by atoms with Gasteiger partial charge >= 0.3 is 0 Å². The molecule has 216 valence electrons. The molecule has 0 radical (unpaired) electrons. The summed E-state index contributed by atoms with van der Waals surface area (Å²) in [4.78, 5) is 7.24. The van der Waals surface area contributed by atoms with Gasteiger partial charge in [0.05, 0.1) is 27.6 Å². The van der Waals surface area contributed by atoms with E-state index in [9.17, 15) is 8.42 Å². The molecule has 0 spiro atoms. The Bertz CT molecular complexity index is 1680. The first-order valence-corrected chi connectivity index (χ1v) is 16.8. The normalized spacial score (nSPS) is 17.2. The summed E-state index contributed by atoms with van der Waals surface area (Å²) in [5.41, 5.74) is 6.02. The van der Waals surface area contributed by atoms with Gasteiger partial charge in [0.1, 0.15) is 0 Å². The van der Waals surface area contributed by atoms with Gasteiger partial charge in [0.15, 0.2) is 0 Å². The van der Waals surface area contributed by atoms with Crippen molar-refractivity contribution in [1.82, 2.24) is 0 Å². The second-order valence-corrected chi connectivity index (χ2v) is 13.6. The SMILES string of the molecule is O=S(=O)(c1ccccc1)N1c2ccc(N3CCCCC3)cc2N(c2ccc(Cl)cc2)c2ccc(N3CCCCC3)cc21. The van der Waals surface area contributed by atoms with Gasteiger partial charge in [-0.3, -0.25) is 0 Å². The first-order chi connectivity index (χ1) is 20.5. The Morgan fingerprint density at radius 3 is 1.64 bits per heavy atom. The number of piperidine rings is 2. The fourth-order valence-electron chi connectivity index (χ4n) is 6.51. The molecule has 0 amide bonds. The molecule has 0 bridgehead atoms. The molecule has 0 saturated carbocycles. The third-order valence-electron chi connectivity index (χ3n) is 8.65. The maximum atomic E-state index is 14.5. The number of sulfonamides is 1. The summed E-state index contributed by atoms with van der Waals surface area (Å²) in [7, 11) is -3.93. The van der Waals surface area contributed by atoms with Crippen LogP contribution >= 0.6 is 11.6 Å². The predicted molar refractivity (Wildman–Crippen MR) is 174 cm³/mol. The van der Waals surface area contributed by atoms with Gasteiger partial charge in [0, 0.05) is 48.3 Å². The van der Waals surface area contributed by atoms with Crippen LogP contribution in [0.5, 0.6) is 0 Å². The Morgan fingerprint density at radius 2 is 1.05 bits per heavy atom. The zero-order valence-corrected chi connectivity index (χ0v) is 25.2. The van der Waals surface area contributed by atoms with E-state index in [1.807, 2.05) is 36.4 Å². The molecule has 4 aromatic rings. The minimum atomic E-state index is -3.93. The van der Waals surface area contributed by atoms with Crippen LogP contribution in [0.1, 0.15) is 38.5 Å². The molecule has 3 heterocycles. The molecule has 3 aliphatic rings. The van der Waals surface area contributed by atoms with Crippen LogP contribution in [-0.2, 0) is 10.0 Å². The summed E-state index contributed by atoms with van der Waals surface area (Å²) in [5, 5.41) is 0.659. The van der Waals surface area contributed by atoms with Gasteiger partial charge in [0.25, 0.3) is 10.0 Å². The van der Waals surface area contributed by atoms with E-state index in [0.717, 1.165) is 80.3 Å². The lowest BCUT2D eigenvalue weighted by Gasteiger charge is -2.41. The fraction of sp³-hybridized carbons (Fsp3) is 0.294. The fourth-order valence-corrected chi connectivity index (χ4v) is 8.16. The summed E-state index contributed by atoms with van der Waals surface area (Å²) in [6.07, 6.45) is 7.08. The van der Waals surface area contributed by atoms with Crippen LogP contribution in [-0.4, -0.2) is 34.6 Å². The molecule has 2 saturated heterocycles. The number of benzene rings is 4. The topological polar surface area (TPSA) is 47.1 Å². The molecule has 4 aromatic carbocycles. The molecule has 0 atom stereocenters. The van der Waals surface area contributed by atoms with Crippen molar-refractivity contribution in [2.24, 2.45) is 0 Å². The molecule has 3 aliphatic heterocycles. The number of hydrogen-bond acceptors (Lipinski definition) is 5. The van der Waals surface area contributed by atoms with Gasteiger partial charge in [0.2, 0.25) is 0 Å². The largest absolute Gasteiger partial charge is 0.371 e. The number of fused-ring (bicyclic) bond motifs is 2. The molecule has 6 nitrogen and oxygen atoms in total. The lowest BCUT2D eigenvalue weighted by molar-refractivity contribution is 0.577. The van der Waals surface area contributed by atoms with E-state index in [4.69, 9.17) is 11.6 Å². The van der Waals surface area contributed by atoms with Crippen LogP contribution in [0, 0.1) is 0 Å². The summed E-state index contributed by atoms with van der Waals surface area (Å²) in [6, 6.07) is 29.0. The second kappa shape index (κ2) is 11.2. The smallest absolute Gasteiger partial charge is 0.268 e. The van der Waals surface area contributed by atoms with E-state index in [2.05, 4.69) is 45.0 Å². The first kappa shape index (κ1) is 27.2. The molecule has 0 aliphatic carbocycles. The van der Waals surface area contributed by atoms with Gasteiger partial charge in [-0.15, -0.1) is 0 Å². The van der Waals surface area contributed by atoms with Crippen molar-refractivity contribution in [2.75, 3.05) is 45.2 Å². The standard InChI is InChI=1S/C34H35ClN4O2S/c35-26-12-14-27(15-13-26)38-31-18-16-29(37-22-8-3-9-23-37)25-34(31)39(42(40,41)30-10-4-1-5-11-30)32-19-17-28(24-33(32)38)36-20-6-2-7-21-36/h1,4-5,10-19,24-25H,2-3,6-9,20-23H2. The summed E-state index contributed by atoms with van der Waals surface area (Å²) in [5.74, 6) is 0. The Kier molecular flexibility index (Phi) is 7.24. The zero-order chi connectivity index (χ0) is 28.7. The van der Waals surface area contributed by atoms with Crippen molar-refractivity contribution >= 4 is 61.4 Å². The second-order valence-electron chi connectivity index (χ2n) is 11.3. The lowest BCUT2D eigenvalue weighted by Crippen LogP contribution is -2.34. The highest BCUT2D eigenvalue weighted by Gasteiger charge is 2.38. The van der Waals surface area contributed by atoms with Crippen molar-refractivity contribution < 1.29 is 8.42 Å². The molecule has 2 fully saturated rings. The van der Waals surface area contributed by atoms with E-state index in [-0.39, 0.29) is 4.90 Å². The third-order valence-corrected chi connectivity index (χ3v) is 10.6. The average Bonchev–Trinajstić information content (AvgIpc) is 3.05. The zero-order valence-electron chi connectivity index (χ0n) is 23.6. The van der Waals surface area contributed by atoms with E-state index in [0.29, 0.717) is 16.4 Å². The van der Waals surface area contributed by atoms with E-state index in [1.54, 1.807) is 28.6 Å². The highest BCUT2D eigenvalue weighted by molar-refractivity contribution is 7.93. The maximum Gasteiger partial charge on any atom is 0.268 e. The number of rotatable bonds is 5. The van der Waals surface area contributed by atoms with Gasteiger partial charge in [-0.1, -0.05) is 29.8 Å². The van der Waals surface area contributed by atoms with E-state index in [1.165, 1.54) is 12.8 Å². The number of halogens is 1. The predicted octanol–water partition coefficient (Wildman–Crippen LogP) is 8.63. The molecular formula is C34H35ClN4O2S. The van der Waals surface area contributed by atoms with Crippen LogP contribution in [0.15, 0.2) is 95.9 Å². The Hall–Kier alpha value is -3.68. The Morgan fingerprint density at radius 1 is 0.524 bits per heavy atom. The highest BCUT2D eigenvalue weighted by atomic mass is 35.5. The van der Waals surface area contributed by atoms with Crippen LogP contribution in [0.25, 0.3) is 0 Å². The number of anilines is 7. The summed E-state index contributed by atoms with van der Waals surface area (Å²) in [6.45, 7) is 3.95. The molecule has 0 aromatic heterocycles. The number of nitrogens with zero attached hydrogens (tertiary/aromatic N) is 4. The van der Waals surface area contributed by atoms with Crippen LogP contribution in [0.3, 0.4) is 0 Å². The van der Waals surface area contributed by atoms with Crippen molar-refractivity contribution in [3.63, 3.8) is 0 Å². The monoisotopic (exact) mass is 598 g/mol. The van der Waals surface area contributed by atoms with Crippen molar-refractivity contribution in [2.45, 2.75) is 43.4 Å². The van der Waals surface area contributed by atoms with Gasteiger partial charge < -0.3 is 14.7 Å². The minimum Gasteiger partial charge on any atom is -0.371 e. The molecule has 8 heteroatoms. The van der Waals surface area contributed by atoms with Crippen molar-refractivity contribution in [3.8, 4) is 0 Å². The molecule has 42 heavy (non-hydrogen) atoms. The Balaban J connectivity index is 1.46. The Labute approximate surface area is 253 Å². The van der Waals surface area contributed by atoms with E-state index < -0.39 is 10.0 Å². The van der Waals surface area contributed by atoms with Gasteiger partial charge in [-0.2, -0.15) is 0 Å². The minimum absolute atomic E-state index is 0.269. The quantitative estimate of drug-likeness (QED) is 0.230. The van der Waals surface area contributed by atoms with Crippen LogP contribution < -0.4 is 19.0 Å². The van der Waals surface area contributed by atoms with E-state index >= 15 is 0 Å². The van der Waals surface area contributed by atoms with Crippen LogP contribution in [0.4, 0.5) is 39.8 Å². The van der Waals surface area contributed by atoms with Crippen LogP contribution in [0.2, 0.25) is 5.02 Å². The average molecular weight is 599 g/mol. The lowest BCUT2D eigenvalue weighted by atomic mass is 10.0. The van der Waals surface area contributed by atoms with Gasteiger partial charge in [-0.25, -0.2) is 12.7 Å². The van der Waals surface area contributed by atoms with Gasteiger partial charge in [-0.05, 0) is 111 Å². The summed E-state index contributed by atoms with van der Waals surface area (Å²) < 4.78 is 30.6. The van der Waals surface area contributed by atoms with Crippen molar-refractivity contribution in [1.29, 1.82) is 0 Å². The first-order valence-electron chi connectivity index (χ1n) is 14.9. The maximum absolute atomic E-state index is 14.5. The molecule has 0 unspecified atom stereocenters. The number of hydrogen-bond donors (Lipinski definition) is 0. The highest BCUT2D eigenvalue weighted by Crippen LogP contribution is 2.55. The van der Waals surface area contributed by atoms with Crippen molar-refractivity contribution in [3.05, 3.63) is 96.0 Å². The molecule has 0 N–H and O–H groups in total.